The summed E-state index contributed by atoms with van der Waals surface area (Å²) in [6.45, 7) is 0. The first-order valence-electron chi connectivity index (χ1n) is 16.5. The molecule has 0 bridgehead atoms. The van der Waals surface area contributed by atoms with E-state index in [2.05, 4.69) is 187 Å². The van der Waals surface area contributed by atoms with Gasteiger partial charge in [-0.3, -0.25) is 0 Å². The average molecular weight is 600 g/mol. The van der Waals surface area contributed by atoms with Crippen molar-refractivity contribution in [3.8, 4) is 33.4 Å². The van der Waals surface area contributed by atoms with E-state index in [9.17, 15) is 0 Å². The van der Waals surface area contributed by atoms with Gasteiger partial charge in [-0.05, 0) is 104 Å². The van der Waals surface area contributed by atoms with Crippen molar-refractivity contribution < 1.29 is 0 Å². The number of hydrogen-bond acceptors (Lipinski definition) is 1. The van der Waals surface area contributed by atoms with Crippen molar-refractivity contribution in [2.24, 2.45) is 0 Å². The normalized spacial score (nSPS) is 14.0. The van der Waals surface area contributed by atoms with Crippen LogP contribution in [0.1, 0.15) is 28.2 Å². The Kier molecular flexibility index (Phi) is 6.68. The van der Waals surface area contributed by atoms with Crippen LogP contribution in [-0.2, 0) is 6.42 Å². The summed E-state index contributed by atoms with van der Waals surface area (Å²) in [5.41, 5.74) is 17.9. The first-order valence-corrected chi connectivity index (χ1v) is 16.5. The van der Waals surface area contributed by atoms with Crippen LogP contribution in [0.4, 0.5) is 17.1 Å². The van der Waals surface area contributed by atoms with Gasteiger partial charge < -0.3 is 4.90 Å². The molecule has 1 atom stereocenters. The summed E-state index contributed by atoms with van der Waals surface area (Å²) in [6, 6.07) is 64.1. The Bertz CT molecular complexity index is 2250. The molecule has 7 aromatic rings. The smallest absolute Gasteiger partial charge is 0.0468 e. The van der Waals surface area contributed by atoms with E-state index in [4.69, 9.17) is 0 Å². The highest BCUT2D eigenvalue weighted by atomic mass is 15.1. The third kappa shape index (κ3) is 4.80. The van der Waals surface area contributed by atoms with Crippen LogP contribution in [0.2, 0.25) is 0 Å². The number of benzene rings is 7. The lowest BCUT2D eigenvalue weighted by Gasteiger charge is -2.27. The maximum Gasteiger partial charge on any atom is 0.0468 e. The number of anilines is 3. The van der Waals surface area contributed by atoms with Gasteiger partial charge >= 0.3 is 0 Å². The summed E-state index contributed by atoms with van der Waals surface area (Å²) < 4.78 is 0. The molecule has 0 aliphatic heterocycles. The van der Waals surface area contributed by atoms with Gasteiger partial charge in [-0.1, -0.05) is 146 Å². The Morgan fingerprint density at radius 1 is 0.404 bits per heavy atom. The van der Waals surface area contributed by atoms with Crippen LogP contribution in [0, 0.1) is 0 Å². The Balaban J connectivity index is 1.21. The molecule has 222 valence electrons. The maximum absolute atomic E-state index is 2.53. The van der Waals surface area contributed by atoms with Crippen LogP contribution >= 0.6 is 0 Å². The minimum absolute atomic E-state index is 0.337. The van der Waals surface area contributed by atoms with Crippen LogP contribution in [0.15, 0.2) is 182 Å². The Hall–Kier alpha value is -5.92. The van der Waals surface area contributed by atoms with E-state index >= 15 is 0 Å². The van der Waals surface area contributed by atoms with Crippen molar-refractivity contribution in [2.45, 2.75) is 12.3 Å². The summed E-state index contributed by atoms with van der Waals surface area (Å²) in [7, 11) is 0. The van der Waals surface area contributed by atoms with Crippen molar-refractivity contribution in [1.29, 1.82) is 0 Å². The molecule has 0 fully saturated rings. The molecule has 7 aromatic carbocycles. The van der Waals surface area contributed by atoms with Crippen LogP contribution in [0.25, 0.3) is 39.0 Å². The van der Waals surface area contributed by atoms with Crippen LogP contribution in [-0.4, -0.2) is 0 Å². The van der Waals surface area contributed by atoms with Crippen molar-refractivity contribution in [3.05, 3.63) is 204 Å². The molecular weight excluding hydrogens is 567 g/mol. The molecule has 2 aliphatic carbocycles. The molecular formula is C46H33N. The summed E-state index contributed by atoms with van der Waals surface area (Å²) >= 11 is 0. The van der Waals surface area contributed by atoms with Gasteiger partial charge in [-0.15, -0.1) is 0 Å². The molecule has 0 aromatic heterocycles. The minimum Gasteiger partial charge on any atom is -0.310 e. The quantitative estimate of drug-likeness (QED) is 0.184. The zero-order valence-corrected chi connectivity index (χ0v) is 26.1. The van der Waals surface area contributed by atoms with Crippen molar-refractivity contribution in [2.75, 3.05) is 4.90 Å². The highest BCUT2D eigenvalue weighted by Crippen LogP contribution is 2.53. The number of allylic oxidation sites excluding steroid dienone is 1. The lowest BCUT2D eigenvalue weighted by atomic mass is 9.89. The Morgan fingerprint density at radius 2 is 0.979 bits per heavy atom. The largest absolute Gasteiger partial charge is 0.310 e. The van der Waals surface area contributed by atoms with Gasteiger partial charge in [0.05, 0.1) is 0 Å². The fourth-order valence-electron chi connectivity index (χ4n) is 7.58. The van der Waals surface area contributed by atoms with Gasteiger partial charge in [0, 0.05) is 23.0 Å². The van der Waals surface area contributed by atoms with E-state index in [0.717, 1.165) is 23.5 Å². The molecule has 47 heavy (non-hydrogen) atoms. The van der Waals surface area contributed by atoms with Crippen LogP contribution in [0.5, 0.6) is 0 Å². The number of hydrogen-bond donors (Lipinski definition) is 0. The lowest BCUT2D eigenvalue weighted by Crippen LogP contribution is -2.10. The number of nitrogens with zero attached hydrogens (tertiary/aromatic N) is 1. The third-order valence-corrected chi connectivity index (χ3v) is 9.74. The number of rotatable bonds is 6. The molecule has 0 N–H and O–H groups in total. The molecule has 1 unspecified atom stereocenters. The van der Waals surface area contributed by atoms with E-state index < -0.39 is 0 Å². The van der Waals surface area contributed by atoms with E-state index in [1.165, 1.54) is 61.2 Å². The molecule has 1 heteroatoms. The van der Waals surface area contributed by atoms with Gasteiger partial charge in [0.1, 0.15) is 0 Å². The van der Waals surface area contributed by atoms with Gasteiger partial charge in [-0.2, -0.15) is 0 Å². The molecule has 1 nitrogen and oxygen atoms in total. The second-order valence-corrected chi connectivity index (χ2v) is 12.5. The molecule has 0 radical (unpaired) electrons. The van der Waals surface area contributed by atoms with E-state index in [1.54, 1.807) is 0 Å². The highest BCUT2D eigenvalue weighted by molar-refractivity contribution is 6.05. The average Bonchev–Trinajstić information content (AvgIpc) is 3.46. The fourth-order valence-corrected chi connectivity index (χ4v) is 7.58. The Labute approximate surface area is 276 Å². The third-order valence-electron chi connectivity index (χ3n) is 9.74. The maximum atomic E-state index is 2.53. The van der Waals surface area contributed by atoms with Gasteiger partial charge in [0.25, 0.3) is 0 Å². The van der Waals surface area contributed by atoms with Crippen molar-refractivity contribution in [1.82, 2.24) is 0 Å². The lowest BCUT2D eigenvalue weighted by molar-refractivity contribution is 0.850. The predicted octanol–water partition coefficient (Wildman–Crippen LogP) is 12.2. The predicted molar refractivity (Wildman–Crippen MR) is 197 cm³/mol. The zero-order valence-electron chi connectivity index (χ0n) is 26.1. The summed E-state index contributed by atoms with van der Waals surface area (Å²) in [5, 5.41) is 0. The topological polar surface area (TPSA) is 3.24 Å². The zero-order chi connectivity index (χ0) is 31.2. The van der Waals surface area contributed by atoms with E-state index in [-0.39, 0.29) is 0 Å². The Morgan fingerprint density at radius 3 is 1.72 bits per heavy atom. The van der Waals surface area contributed by atoms with Crippen molar-refractivity contribution >= 4 is 22.6 Å². The SMILES string of the molecule is C1=C2c3ccc(N(c4ccccc4)c4ccc(-c5ccccc5)cc4)cc3-c3ccccc3-c3cccc(c32)C1Cc1ccccc1. The van der Waals surface area contributed by atoms with Crippen LogP contribution < -0.4 is 4.90 Å². The highest BCUT2D eigenvalue weighted by Gasteiger charge is 2.32. The van der Waals surface area contributed by atoms with Gasteiger partial charge in [0.15, 0.2) is 0 Å². The summed E-state index contributed by atoms with van der Waals surface area (Å²) in [6.07, 6.45) is 3.53. The number of para-hydroxylation sites is 1. The molecule has 2 aliphatic rings. The molecule has 0 heterocycles. The second-order valence-electron chi connectivity index (χ2n) is 12.5. The molecule has 0 amide bonds. The van der Waals surface area contributed by atoms with E-state index in [1.807, 2.05) is 0 Å². The molecule has 0 saturated carbocycles. The van der Waals surface area contributed by atoms with Crippen LogP contribution in [0.3, 0.4) is 0 Å². The summed E-state index contributed by atoms with van der Waals surface area (Å²) in [5.74, 6) is 0.337. The number of fused-ring (bicyclic) bond motifs is 5. The van der Waals surface area contributed by atoms with Crippen molar-refractivity contribution in [3.63, 3.8) is 0 Å². The molecule has 0 saturated heterocycles. The molecule has 0 spiro atoms. The first kappa shape index (κ1) is 27.4. The van der Waals surface area contributed by atoms with Gasteiger partial charge in [-0.25, -0.2) is 0 Å². The second kappa shape index (κ2) is 11.5. The van der Waals surface area contributed by atoms with E-state index in [0.29, 0.717) is 5.92 Å². The summed E-state index contributed by atoms with van der Waals surface area (Å²) in [4.78, 5) is 2.38. The minimum atomic E-state index is 0.337. The fraction of sp³-hybridized carbons (Fsp3) is 0.0435. The first-order chi connectivity index (χ1) is 23.3. The monoisotopic (exact) mass is 599 g/mol. The van der Waals surface area contributed by atoms with Gasteiger partial charge in [0.2, 0.25) is 0 Å². The standard InChI is InChI=1S/C46H33N/c1-4-13-32(14-5-1)29-35-30-45-42-28-27-38(31-44(42)41-20-11-10-19-40(41)43-22-12-21-39(35)46(43)45)47(36-17-8-3-9-18-36)37-25-23-34(24-26-37)33-15-6-2-7-16-33/h1-28,30-31,35H,29H2. The molecule has 9 rings (SSSR count).